The highest BCUT2D eigenvalue weighted by Gasteiger charge is 2.38. The van der Waals surface area contributed by atoms with Crippen LogP contribution in [-0.2, 0) is 0 Å². The molecule has 2 rings (SSSR count). The van der Waals surface area contributed by atoms with E-state index >= 15 is 0 Å². The Balaban J connectivity index is 2.15. The molecule has 0 spiro atoms. The van der Waals surface area contributed by atoms with Crippen LogP contribution in [-0.4, -0.2) is 44.3 Å². The molecule has 6 heteroatoms. The zero-order valence-electron chi connectivity index (χ0n) is 10.5. The number of piperidine rings is 1. The second-order valence-corrected chi connectivity index (χ2v) is 5.26. The molecule has 1 fully saturated rings. The Labute approximate surface area is 105 Å². The van der Waals surface area contributed by atoms with Crippen molar-refractivity contribution in [1.29, 1.82) is 0 Å². The molecule has 0 bridgehead atoms. The molecule has 0 aromatic carbocycles. The number of aldehydes is 1. The highest BCUT2D eigenvalue weighted by atomic mass is 16.4. The topological polar surface area (TPSA) is 75.4 Å². The van der Waals surface area contributed by atoms with Crippen LogP contribution in [0.15, 0.2) is 12.4 Å². The van der Waals surface area contributed by atoms with Crippen molar-refractivity contribution in [3.8, 4) is 0 Å². The summed E-state index contributed by atoms with van der Waals surface area (Å²) in [5.41, 5.74) is 0.135. The zero-order valence-corrected chi connectivity index (χ0v) is 10.5. The maximum Gasteiger partial charge on any atom is 0.407 e. The summed E-state index contributed by atoms with van der Waals surface area (Å²) >= 11 is 0. The standard InChI is InChI=1S/C12H17N3O3/c1-12(2)5-10(3-4-14(12)11(17)18)15-7-9(8-16)6-13-15/h6-8,10H,3-5H2,1-2H3,(H,17,18)/t10-/m1/s1. The molecule has 2 heterocycles. The predicted octanol–water partition coefficient (Wildman–Crippen LogP) is 1.79. The number of carbonyl (C=O) groups excluding carboxylic acids is 1. The average Bonchev–Trinajstić information content (AvgIpc) is 2.75. The minimum atomic E-state index is -0.882. The molecule has 1 aromatic rings. The first kappa shape index (κ1) is 12.6. The molecule has 1 N–H and O–H groups in total. The molecule has 0 saturated carbocycles. The normalized spacial score (nSPS) is 22.8. The molecule has 1 aliphatic heterocycles. The van der Waals surface area contributed by atoms with Crippen molar-refractivity contribution in [2.75, 3.05) is 6.54 Å². The van der Waals surface area contributed by atoms with E-state index in [2.05, 4.69) is 5.10 Å². The quantitative estimate of drug-likeness (QED) is 0.813. The lowest BCUT2D eigenvalue weighted by Crippen LogP contribution is -2.52. The van der Waals surface area contributed by atoms with Gasteiger partial charge in [0.25, 0.3) is 0 Å². The highest BCUT2D eigenvalue weighted by Crippen LogP contribution is 2.34. The highest BCUT2D eigenvalue weighted by molar-refractivity contribution is 5.73. The van der Waals surface area contributed by atoms with Crippen LogP contribution in [0.4, 0.5) is 4.79 Å². The van der Waals surface area contributed by atoms with Gasteiger partial charge in [-0.3, -0.25) is 9.48 Å². The number of rotatable bonds is 2. The van der Waals surface area contributed by atoms with Crippen LogP contribution in [0, 0.1) is 0 Å². The van der Waals surface area contributed by atoms with E-state index in [1.165, 1.54) is 11.1 Å². The molecule has 1 amide bonds. The summed E-state index contributed by atoms with van der Waals surface area (Å²) in [5.74, 6) is 0. The molecule has 1 saturated heterocycles. The number of nitrogens with zero attached hydrogens (tertiary/aromatic N) is 3. The first-order valence-corrected chi connectivity index (χ1v) is 5.94. The summed E-state index contributed by atoms with van der Waals surface area (Å²) in [6, 6.07) is 0.143. The van der Waals surface area contributed by atoms with Gasteiger partial charge in [0.2, 0.25) is 0 Å². The van der Waals surface area contributed by atoms with Gasteiger partial charge in [0.1, 0.15) is 0 Å². The number of hydrogen-bond donors (Lipinski definition) is 1. The SMILES string of the molecule is CC1(C)C[C@H](n2cc(C=O)cn2)CCN1C(=O)O. The molecule has 1 atom stereocenters. The van der Waals surface area contributed by atoms with Crippen molar-refractivity contribution < 1.29 is 14.7 Å². The summed E-state index contributed by atoms with van der Waals surface area (Å²) in [4.78, 5) is 23.2. The largest absolute Gasteiger partial charge is 0.465 e. The molecule has 6 nitrogen and oxygen atoms in total. The Hall–Kier alpha value is -1.85. The van der Waals surface area contributed by atoms with Crippen LogP contribution in [0.5, 0.6) is 0 Å². The van der Waals surface area contributed by atoms with Gasteiger partial charge < -0.3 is 10.0 Å². The number of carbonyl (C=O) groups is 2. The van der Waals surface area contributed by atoms with E-state index in [1.54, 1.807) is 10.9 Å². The van der Waals surface area contributed by atoms with Crippen LogP contribution < -0.4 is 0 Å². The van der Waals surface area contributed by atoms with Crippen LogP contribution >= 0.6 is 0 Å². The molecule has 1 aliphatic rings. The van der Waals surface area contributed by atoms with Gasteiger partial charge in [0, 0.05) is 18.3 Å². The smallest absolute Gasteiger partial charge is 0.407 e. The summed E-state index contributed by atoms with van der Waals surface area (Å²) < 4.78 is 1.77. The molecule has 18 heavy (non-hydrogen) atoms. The van der Waals surface area contributed by atoms with E-state index in [0.717, 1.165) is 12.7 Å². The molecule has 0 unspecified atom stereocenters. The average molecular weight is 251 g/mol. The van der Waals surface area contributed by atoms with Crippen molar-refractivity contribution >= 4 is 12.4 Å². The van der Waals surface area contributed by atoms with E-state index in [0.29, 0.717) is 18.5 Å². The second-order valence-electron chi connectivity index (χ2n) is 5.26. The summed E-state index contributed by atoms with van der Waals surface area (Å²) in [6.07, 6.45) is 4.54. The van der Waals surface area contributed by atoms with Gasteiger partial charge in [-0.25, -0.2) is 4.79 Å². The lowest BCUT2D eigenvalue weighted by Gasteiger charge is -2.43. The number of aromatic nitrogens is 2. The van der Waals surface area contributed by atoms with Crippen molar-refractivity contribution in [2.45, 2.75) is 38.3 Å². The van der Waals surface area contributed by atoms with E-state index < -0.39 is 11.6 Å². The Kier molecular flexibility index (Phi) is 3.11. The maximum absolute atomic E-state index is 11.1. The van der Waals surface area contributed by atoms with E-state index in [9.17, 15) is 9.59 Å². The van der Waals surface area contributed by atoms with Gasteiger partial charge in [0.05, 0.1) is 17.8 Å². The minimum absolute atomic E-state index is 0.143. The third-order valence-electron chi connectivity index (χ3n) is 3.51. The van der Waals surface area contributed by atoms with E-state index in [1.807, 2.05) is 13.8 Å². The Morgan fingerprint density at radius 2 is 2.33 bits per heavy atom. The van der Waals surface area contributed by atoms with Crippen LogP contribution in [0.2, 0.25) is 0 Å². The Morgan fingerprint density at radius 1 is 1.61 bits per heavy atom. The van der Waals surface area contributed by atoms with Gasteiger partial charge >= 0.3 is 6.09 Å². The number of hydrogen-bond acceptors (Lipinski definition) is 3. The molecule has 98 valence electrons. The molecule has 0 aliphatic carbocycles. The first-order valence-electron chi connectivity index (χ1n) is 5.94. The third-order valence-corrected chi connectivity index (χ3v) is 3.51. The Bertz CT molecular complexity index is 467. The van der Waals surface area contributed by atoms with Crippen molar-refractivity contribution in [3.05, 3.63) is 18.0 Å². The zero-order chi connectivity index (χ0) is 13.3. The van der Waals surface area contributed by atoms with Crippen molar-refractivity contribution in [1.82, 2.24) is 14.7 Å². The Morgan fingerprint density at radius 3 is 2.83 bits per heavy atom. The predicted molar refractivity (Wildman–Crippen MR) is 64.7 cm³/mol. The minimum Gasteiger partial charge on any atom is -0.465 e. The van der Waals surface area contributed by atoms with E-state index in [-0.39, 0.29) is 6.04 Å². The number of carboxylic acid groups (broad SMARTS) is 1. The molecular weight excluding hydrogens is 234 g/mol. The maximum atomic E-state index is 11.1. The molecular formula is C12H17N3O3. The van der Waals surface area contributed by atoms with Gasteiger partial charge in [-0.15, -0.1) is 0 Å². The number of amides is 1. The summed E-state index contributed by atoms with van der Waals surface area (Å²) in [7, 11) is 0. The van der Waals surface area contributed by atoms with Gasteiger partial charge in [-0.1, -0.05) is 0 Å². The van der Waals surface area contributed by atoms with Gasteiger partial charge in [0.15, 0.2) is 6.29 Å². The summed E-state index contributed by atoms with van der Waals surface area (Å²) in [6.45, 7) is 4.32. The molecule has 1 aromatic heterocycles. The fourth-order valence-corrected chi connectivity index (χ4v) is 2.56. The molecule has 0 radical (unpaired) electrons. The van der Waals surface area contributed by atoms with Crippen LogP contribution in [0.1, 0.15) is 43.1 Å². The lowest BCUT2D eigenvalue weighted by molar-refractivity contribution is 0.0474. The third kappa shape index (κ3) is 2.23. The van der Waals surface area contributed by atoms with Crippen molar-refractivity contribution in [3.63, 3.8) is 0 Å². The fraction of sp³-hybridized carbons (Fsp3) is 0.583. The van der Waals surface area contributed by atoms with Crippen LogP contribution in [0.25, 0.3) is 0 Å². The van der Waals surface area contributed by atoms with Gasteiger partial charge in [-0.05, 0) is 26.7 Å². The van der Waals surface area contributed by atoms with Crippen molar-refractivity contribution in [2.24, 2.45) is 0 Å². The lowest BCUT2D eigenvalue weighted by atomic mass is 9.87. The first-order chi connectivity index (χ1) is 8.44. The number of likely N-dealkylation sites (tertiary alicyclic amines) is 1. The van der Waals surface area contributed by atoms with E-state index in [4.69, 9.17) is 5.11 Å². The monoisotopic (exact) mass is 251 g/mol. The van der Waals surface area contributed by atoms with Gasteiger partial charge in [-0.2, -0.15) is 5.10 Å². The summed E-state index contributed by atoms with van der Waals surface area (Å²) in [5, 5.41) is 13.3. The van der Waals surface area contributed by atoms with Crippen LogP contribution in [0.3, 0.4) is 0 Å². The second kappa shape index (κ2) is 4.44. The fourth-order valence-electron chi connectivity index (χ4n) is 2.56.